The van der Waals surface area contributed by atoms with Gasteiger partial charge < -0.3 is 14.8 Å². The fraction of sp³-hybridized carbons (Fsp3) is 0.481. The molecular weight excluding hydrogens is 400 g/mol. The van der Waals surface area contributed by atoms with Gasteiger partial charge in [-0.25, -0.2) is 0 Å². The number of benzene rings is 2. The Morgan fingerprint density at radius 1 is 1.12 bits per heavy atom. The molecule has 1 N–H and O–H groups in total. The molecular formula is C27H34N2O3. The van der Waals surface area contributed by atoms with Gasteiger partial charge in [0.25, 0.3) is 0 Å². The van der Waals surface area contributed by atoms with Gasteiger partial charge in [-0.05, 0) is 65.2 Å². The van der Waals surface area contributed by atoms with E-state index in [1.165, 1.54) is 16.7 Å². The molecule has 5 heteroatoms. The molecule has 2 aromatic carbocycles. The van der Waals surface area contributed by atoms with E-state index in [4.69, 9.17) is 14.5 Å². The molecule has 2 heterocycles. The SMILES string of the molecule is CNC(=O)C(C)(C)c1ccc(C2=NC(C)(C)Cc3cc(OC)c4c(c32)CC(C)(C)O4)cc1. The highest BCUT2D eigenvalue weighted by Gasteiger charge is 2.39. The zero-order chi connectivity index (χ0) is 23.5. The first kappa shape index (κ1) is 22.4. The summed E-state index contributed by atoms with van der Waals surface area (Å²) in [4.78, 5) is 17.5. The molecule has 0 unspecified atom stereocenters. The van der Waals surface area contributed by atoms with Crippen molar-refractivity contribution in [1.82, 2.24) is 5.32 Å². The van der Waals surface area contributed by atoms with Gasteiger partial charge in [0, 0.05) is 30.2 Å². The number of fused-ring (bicyclic) bond motifs is 3. The maximum atomic E-state index is 12.4. The minimum atomic E-state index is -0.606. The van der Waals surface area contributed by atoms with Crippen molar-refractivity contribution in [3.05, 3.63) is 58.1 Å². The largest absolute Gasteiger partial charge is 0.493 e. The molecule has 32 heavy (non-hydrogen) atoms. The number of amides is 1. The Morgan fingerprint density at radius 2 is 1.78 bits per heavy atom. The minimum Gasteiger partial charge on any atom is -0.493 e. The molecule has 0 aromatic heterocycles. The van der Waals surface area contributed by atoms with Crippen molar-refractivity contribution in [1.29, 1.82) is 0 Å². The third-order valence-corrected chi connectivity index (χ3v) is 6.58. The number of rotatable bonds is 4. The summed E-state index contributed by atoms with van der Waals surface area (Å²) < 4.78 is 12.0. The van der Waals surface area contributed by atoms with Crippen LogP contribution in [0.1, 0.15) is 69.4 Å². The van der Waals surface area contributed by atoms with Gasteiger partial charge in [0.15, 0.2) is 11.5 Å². The van der Waals surface area contributed by atoms with Crippen LogP contribution in [0.3, 0.4) is 0 Å². The van der Waals surface area contributed by atoms with Gasteiger partial charge in [-0.2, -0.15) is 0 Å². The maximum absolute atomic E-state index is 12.4. The summed E-state index contributed by atoms with van der Waals surface area (Å²) in [6.07, 6.45) is 1.65. The Hall–Kier alpha value is -2.82. The molecule has 170 valence electrons. The second kappa shape index (κ2) is 7.36. The Morgan fingerprint density at radius 3 is 2.38 bits per heavy atom. The number of aliphatic imine (C=N–C) groups is 1. The molecule has 1 amide bonds. The van der Waals surface area contributed by atoms with Gasteiger partial charge in [-0.1, -0.05) is 24.3 Å². The van der Waals surface area contributed by atoms with Crippen LogP contribution in [0.25, 0.3) is 0 Å². The number of ether oxygens (including phenoxy) is 2. The third-order valence-electron chi connectivity index (χ3n) is 6.58. The molecule has 2 aliphatic rings. The smallest absolute Gasteiger partial charge is 0.229 e. The molecule has 2 aromatic rings. The molecule has 5 nitrogen and oxygen atoms in total. The Labute approximate surface area is 191 Å². The van der Waals surface area contributed by atoms with Crippen molar-refractivity contribution in [2.45, 2.75) is 70.9 Å². The Balaban J connectivity index is 1.86. The monoisotopic (exact) mass is 434 g/mol. The van der Waals surface area contributed by atoms with Crippen molar-refractivity contribution < 1.29 is 14.3 Å². The van der Waals surface area contributed by atoms with E-state index in [1.54, 1.807) is 14.2 Å². The molecule has 0 spiro atoms. The zero-order valence-electron chi connectivity index (χ0n) is 20.5. The first-order valence-electron chi connectivity index (χ1n) is 11.2. The lowest BCUT2D eigenvalue weighted by Crippen LogP contribution is -2.38. The van der Waals surface area contributed by atoms with E-state index in [1.807, 2.05) is 26.0 Å². The number of likely N-dealkylation sites (N-methyl/N-ethyl adjacent to an activating group) is 1. The molecule has 0 saturated heterocycles. The molecule has 0 aliphatic carbocycles. The lowest BCUT2D eigenvalue weighted by molar-refractivity contribution is -0.125. The summed E-state index contributed by atoms with van der Waals surface area (Å²) in [7, 11) is 3.37. The number of carbonyl (C=O) groups is 1. The van der Waals surface area contributed by atoms with Crippen LogP contribution >= 0.6 is 0 Å². The normalized spacial score (nSPS) is 18.2. The minimum absolute atomic E-state index is 0.00368. The number of methoxy groups -OCH3 is 1. The van der Waals surface area contributed by atoms with E-state index in [0.717, 1.165) is 41.2 Å². The van der Waals surface area contributed by atoms with Crippen molar-refractivity contribution in [2.24, 2.45) is 4.99 Å². The lowest BCUT2D eigenvalue weighted by Gasteiger charge is -2.31. The van der Waals surface area contributed by atoms with Gasteiger partial charge in [0.1, 0.15) is 5.60 Å². The van der Waals surface area contributed by atoms with E-state index < -0.39 is 5.41 Å². The maximum Gasteiger partial charge on any atom is 0.229 e. The zero-order valence-corrected chi connectivity index (χ0v) is 20.5. The fourth-order valence-corrected chi connectivity index (χ4v) is 4.92. The van der Waals surface area contributed by atoms with Crippen molar-refractivity contribution in [3.8, 4) is 11.5 Å². The van der Waals surface area contributed by atoms with Crippen LogP contribution < -0.4 is 14.8 Å². The quantitative estimate of drug-likeness (QED) is 0.765. The number of nitrogens with one attached hydrogen (secondary N) is 1. The highest BCUT2D eigenvalue weighted by Crippen LogP contribution is 2.47. The molecule has 0 radical (unpaired) electrons. The van der Waals surface area contributed by atoms with Crippen molar-refractivity contribution in [3.63, 3.8) is 0 Å². The molecule has 0 saturated carbocycles. The van der Waals surface area contributed by atoms with Crippen LogP contribution in [0.4, 0.5) is 0 Å². The Bertz CT molecular complexity index is 1110. The van der Waals surface area contributed by atoms with E-state index in [9.17, 15) is 4.79 Å². The van der Waals surface area contributed by atoms with Crippen molar-refractivity contribution in [2.75, 3.05) is 14.2 Å². The second-order valence-corrected chi connectivity index (χ2v) is 10.7. The summed E-state index contributed by atoms with van der Waals surface area (Å²) in [6.45, 7) is 12.4. The topological polar surface area (TPSA) is 59.9 Å². The standard InChI is InChI=1S/C27H34N2O3/c1-25(2)14-17-13-20(31-8)23-19(15-26(3,4)32-23)21(17)22(29-25)16-9-11-18(12-10-16)27(5,6)24(30)28-7/h9-13H,14-15H2,1-8H3,(H,28,30). The van der Waals surface area contributed by atoms with Crippen LogP contribution in [-0.2, 0) is 23.1 Å². The predicted octanol–water partition coefficient (Wildman–Crippen LogP) is 4.60. The molecule has 0 fully saturated rings. The van der Waals surface area contributed by atoms with E-state index >= 15 is 0 Å². The summed E-state index contributed by atoms with van der Waals surface area (Å²) in [5, 5.41) is 2.76. The summed E-state index contributed by atoms with van der Waals surface area (Å²) in [5.41, 5.74) is 5.48. The highest BCUT2D eigenvalue weighted by atomic mass is 16.5. The van der Waals surface area contributed by atoms with Crippen LogP contribution in [-0.4, -0.2) is 36.9 Å². The first-order valence-corrected chi connectivity index (χ1v) is 11.2. The molecule has 4 rings (SSSR count). The summed E-state index contributed by atoms with van der Waals surface area (Å²) in [5.74, 6) is 1.63. The average Bonchev–Trinajstić information content (AvgIpc) is 3.05. The van der Waals surface area contributed by atoms with Crippen LogP contribution in [0.2, 0.25) is 0 Å². The third kappa shape index (κ3) is 3.68. The Kier molecular flexibility index (Phi) is 5.15. The number of hydrogen-bond donors (Lipinski definition) is 1. The average molecular weight is 435 g/mol. The molecule has 2 aliphatic heterocycles. The first-order chi connectivity index (χ1) is 14.9. The van der Waals surface area contributed by atoms with Crippen molar-refractivity contribution >= 4 is 11.6 Å². The van der Waals surface area contributed by atoms with Gasteiger partial charge in [-0.3, -0.25) is 9.79 Å². The molecule has 0 bridgehead atoms. The van der Waals surface area contributed by atoms with Gasteiger partial charge >= 0.3 is 0 Å². The summed E-state index contributed by atoms with van der Waals surface area (Å²) in [6, 6.07) is 10.4. The number of hydrogen-bond acceptors (Lipinski definition) is 4. The van der Waals surface area contributed by atoms with Gasteiger partial charge in [-0.15, -0.1) is 0 Å². The van der Waals surface area contributed by atoms with E-state index in [0.29, 0.717) is 0 Å². The number of nitrogens with zero attached hydrogens (tertiary/aromatic N) is 1. The fourth-order valence-electron chi connectivity index (χ4n) is 4.92. The highest BCUT2D eigenvalue weighted by molar-refractivity contribution is 6.16. The molecule has 0 atom stereocenters. The lowest BCUT2D eigenvalue weighted by atomic mass is 9.79. The van der Waals surface area contributed by atoms with Crippen LogP contribution in [0, 0.1) is 0 Å². The summed E-state index contributed by atoms with van der Waals surface area (Å²) >= 11 is 0. The van der Waals surface area contributed by atoms with E-state index in [-0.39, 0.29) is 17.0 Å². The van der Waals surface area contributed by atoms with Gasteiger partial charge in [0.05, 0.1) is 23.8 Å². The number of carbonyl (C=O) groups excluding carboxylic acids is 1. The van der Waals surface area contributed by atoms with Crippen LogP contribution in [0.5, 0.6) is 11.5 Å². The predicted molar refractivity (Wildman–Crippen MR) is 128 cm³/mol. The van der Waals surface area contributed by atoms with E-state index in [2.05, 4.69) is 51.2 Å². The van der Waals surface area contributed by atoms with Gasteiger partial charge in [0.2, 0.25) is 5.91 Å². The second-order valence-electron chi connectivity index (χ2n) is 10.7. The van der Waals surface area contributed by atoms with Crippen LogP contribution in [0.15, 0.2) is 35.3 Å².